The van der Waals surface area contributed by atoms with Crippen LogP contribution < -0.4 is 5.32 Å². The lowest BCUT2D eigenvalue weighted by molar-refractivity contribution is -0.118. The first-order valence-electron chi connectivity index (χ1n) is 10.6. The summed E-state index contributed by atoms with van der Waals surface area (Å²) in [5.41, 5.74) is 5.63. The third-order valence-electron chi connectivity index (χ3n) is 5.75. The van der Waals surface area contributed by atoms with Crippen LogP contribution in [0, 0.1) is 5.92 Å². The van der Waals surface area contributed by atoms with Crippen LogP contribution in [-0.4, -0.2) is 33.5 Å². The van der Waals surface area contributed by atoms with Gasteiger partial charge in [-0.15, -0.1) is 5.10 Å². The maximum Gasteiger partial charge on any atom is 0.226 e. The Kier molecular flexibility index (Phi) is 6.55. The van der Waals surface area contributed by atoms with Gasteiger partial charge in [0, 0.05) is 29.1 Å². The second-order valence-electron chi connectivity index (χ2n) is 8.31. The summed E-state index contributed by atoms with van der Waals surface area (Å²) in [5.74, 6) is 0.611. The van der Waals surface area contributed by atoms with E-state index in [4.69, 9.17) is 0 Å². The number of anilines is 1. The molecule has 0 spiro atoms. The topological polar surface area (TPSA) is 58.1 Å². The van der Waals surface area contributed by atoms with Crippen molar-refractivity contribution in [3.8, 4) is 11.3 Å². The molecule has 5 nitrogen and oxygen atoms in total. The highest BCUT2D eigenvalue weighted by Gasteiger charge is 2.21. The number of carbonyl (C=O) groups excluding carboxylic acids is 1. The summed E-state index contributed by atoms with van der Waals surface area (Å²) < 4.78 is 3.94. The predicted octanol–water partition coefficient (Wildman–Crippen LogP) is 5.18. The van der Waals surface area contributed by atoms with Gasteiger partial charge < -0.3 is 5.32 Å². The number of hydrogen-bond acceptors (Lipinski definition) is 5. The Labute approximate surface area is 182 Å². The number of nitrogens with zero attached hydrogens (tertiary/aromatic N) is 3. The van der Waals surface area contributed by atoms with Crippen molar-refractivity contribution in [3.05, 3.63) is 65.0 Å². The molecule has 1 fully saturated rings. The molecule has 0 atom stereocenters. The molecule has 1 saturated heterocycles. The lowest BCUT2D eigenvalue weighted by Gasteiger charge is -2.32. The Balaban J connectivity index is 1.31. The molecule has 1 aromatic heterocycles. The fourth-order valence-electron chi connectivity index (χ4n) is 3.91. The molecule has 2 aromatic carbocycles. The molecule has 4 rings (SSSR count). The summed E-state index contributed by atoms with van der Waals surface area (Å²) in [6, 6.07) is 17.0. The van der Waals surface area contributed by atoms with Gasteiger partial charge >= 0.3 is 0 Å². The van der Waals surface area contributed by atoms with E-state index in [1.165, 1.54) is 22.7 Å². The number of amides is 1. The molecule has 2 heterocycles. The first-order valence-corrected chi connectivity index (χ1v) is 11.4. The minimum Gasteiger partial charge on any atom is -0.326 e. The molecule has 1 aliphatic heterocycles. The molecule has 0 saturated carbocycles. The number of piperidine rings is 1. The van der Waals surface area contributed by atoms with E-state index in [0.29, 0.717) is 5.92 Å². The Bertz CT molecular complexity index is 961. The molecule has 0 bridgehead atoms. The first-order chi connectivity index (χ1) is 14.6. The SMILES string of the molecule is CC(C)C(=O)Nc1cccc(C2CCN(Cc3ccc(-c4csnn4)cc3)CC2)c1. The minimum absolute atomic E-state index is 0.0101. The van der Waals surface area contributed by atoms with E-state index in [1.807, 2.05) is 25.3 Å². The van der Waals surface area contributed by atoms with Gasteiger partial charge in [0.1, 0.15) is 5.69 Å². The Morgan fingerprint density at radius 3 is 2.60 bits per heavy atom. The molecule has 1 amide bonds. The number of rotatable bonds is 6. The molecule has 1 aliphatic rings. The van der Waals surface area contributed by atoms with Crippen molar-refractivity contribution in [2.75, 3.05) is 18.4 Å². The van der Waals surface area contributed by atoms with Crippen LogP contribution in [0.3, 0.4) is 0 Å². The van der Waals surface area contributed by atoms with E-state index in [1.54, 1.807) is 0 Å². The van der Waals surface area contributed by atoms with Gasteiger partial charge in [-0.2, -0.15) is 0 Å². The normalized spacial score (nSPS) is 15.4. The van der Waals surface area contributed by atoms with E-state index in [2.05, 4.69) is 62.3 Å². The maximum absolute atomic E-state index is 12.0. The molecular formula is C24H28N4OS. The highest BCUT2D eigenvalue weighted by molar-refractivity contribution is 7.03. The summed E-state index contributed by atoms with van der Waals surface area (Å²) in [4.78, 5) is 14.5. The fraction of sp³-hybridized carbons (Fsp3) is 0.375. The van der Waals surface area contributed by atoms with Crippen LogP contribution in [0.2, 0.25) is 0 Å². The van der Waals surface area contributed by atoms with E-state index in [9.17, 15) is 4.79 Å². The van der Waals surface area contributed by atoms with Gasteiger partial charge in [0.15, 0.2) is 0 Å². The zero-order chi connectivity index (χ0) is 20.9. The zero-order valence-corrected chi connectivity index (χ0v) is 18.4. The third-order valence-corrected chi connectivity index (χ3v) is 6.26. The van der Waals surface area contributed by atoms with Crippen molar-refractivity contribution < 1.29 is 4.79 Å². The van der Waals surface area contributed by atoms with Crippen LogP contribution in [0.25, 0.3) is 11.3 Å². The van der Waals surface area contributed by atoms with Crippen LogP contribution in [-0.2, 0) is 11.3 Å². The number of carbonyl (C=O) groups is 1. The van der Waals surface area contributed by atoms with Gasteiger partial charge in [0.05, 0.1) is 0 Å². The van der Waals surface area contributed by atoms with Crippen LogP contribution in [0.4, 0.5) is 5.69 Å². The molecule has 156 valence electrons. The molecule has 0 unspecified atom stereocenters. The maximum atomic E-state index is 12.0. The summed E-state index contributed by atoms with van der Waals surface area (Å²) >= 11 is 1.38. The number of hydrogen-bond donors (Lipinski definition) is 1. The lowest BCUT2D eigenvalue weighted by Crippen LogP contribution is -2.32. The third kappa shape index (κ3) is 5.12. The summed E-state index contributed by atoms with van der Waals surface area (Å²) in [6.07, 6.45) is 2.29. The highest BCUT2D eigenvalue weighted by atomic mass is 32.1. The molecule has 0 radical (unpaired) electrons. The van der Waals surface area contributed by atoms with Gasteiger partial charge in [0.25, 0.3) is 0 Å². The molecular weight excluding hydrogens is 392 g/mol. The zero-order valence-electron chi connectivity index (χ0n) is 17.5. The smallest absolute Gasteiger partial charge is 0.226 e. The first kappa shape index (κ1) is 20.7. The summed E-state index contributed by atoms with van der Waals surface area (Å²) in [7, 11) is 0. The Hall–Kier alpha value is -2.57. The number of nitrogens with one attached hydrogen (secondary N) is 1. The average molecular weight is 421 g/mol. The Morgan fingerprint density at radius 1 is 1.17 bits per heavy atom. The second kappa shape index (κ2) is 9.49. The van der Waals surface area contributed by atoms with Crippen molar-refractivity contribution >= 4 is 23.1 Å². The van der Waals surface area contributed by atoms with Gasteiger partial charge in [-0.3, -0.25) is 9.69 Å². The fourth-order valence-corrected chi connectivity index (χ4v) is 4.38. The van der Waals surface area contributed by atoms with E-state index in [-0.39, 0.29) is 11.8 Å². The van der Waals surface area contributed by atoms with Crippen LogP contribution in [0.5, 0.6) is 0 Å². The van der Waals surface area contributed by atoms with Crippen molar-refractivity contribution in [2.24, 2.45) is 5.92 Å². The average Bonchev–Trinajstić information content (AvgIpc) is 3.30. The molecule has 6 heteroatoms. The number of likely N-dealkylation sites (tertiary alicyclic amines) is 1. The molecule has 3 aromatic rings. The standard InChI is InChI=1S/C24H28N4OS/c1-17(2)24(29)25-22-5-3-4-21(14-22)19-10-12-28(13-11-19)15-18-6-8-20(9-7-18)23-16-30-27-26-23/h3-9,14,16-17,19H,10-13,15H2,1-2H3,(H,25,29). The summed E-state index contributed by atoms with van der Waals surface area (Å²) in [6.45, 7) is 6.99. The lowest BCUT2D eigenvalue weighted by atomic mass is 9.89. The number of benzene rings is 2. The largest absolute Gasteiger partial charge is 0.326 e. The minimum atomic E-state index is -0.0101. The van der Waals surface area contributed by atoms with Crippen molar-refractivity contribution in [2.45, 2.75) is 39.2 Å². The highest BCUT2D eigenvalue weighted by Crippen LogP contribution is 2.30. The van der Waals surface area contributed by atoms with Crippen LogP contribution >= 0.6 is 11.5 Å². The van der Waals surface area contributed by atoms with Crippen LogP contribution in [0.15, 0.2) is 53.9 Å². The predicted molar refractivity (Wildman–Crippen MR) is 123 cm³/mol. The van der Waals surface area contributed by atoms with Gasteiger partial charge in [-0.25, -0.2) is 0 Å². The van der Waals surface area contributed by atoms with E-state index < -0.39 is 0 Å². The second-order valence-corrected chi connectivity index (χ2v) is 8.92. The molecule has 30 heavy (non-hydrogen) atoms. The van der Waals surface area contributed by atoms with Crippen molar-refractivity contribution in [1.29, 1.82) is 0 Å². The van der Waals surface area contributed by atoms with Gasteiger partial charge in [-0.1, -0.05) is 54.7 Å². The Morgan fingerprint density at radius 2 is 1.93 bits per heavy atom. The quantitative estimate of drug-likeness (QED) is 0.597. The number of aromatic nitrogens is 2. The molecule has 1 N–H and O–H groups in total. The molecule has 0 aliphatic carbocycles. The van der Waals surface area contributed by atoms with Gasteiger partial charge in [0.2, 0.25) is 5.91 Å². The van der Waals surface area contributed by atoms with Gasteiger partial charge in [-0.05, 0) is 66.6 Å². The van der Waals surface area contributed by atoms with E-state index in [0.717, 1.165) is 49.4 Å². The summed E-state index contributed by atoms with van der Waals surface area (Å²) in [5, 5.41) is 9.13. The monoisotopic (exact) mass is 420 g/mol. The van der Waals surface area contributed by atoms with E-state index >= 15 is 0 Å². The van der Waals surface area contributed by atoms with Crippen molar-refractivity contribution in [1.82, 2.24) is 14.5 Å². The van der Waals surface area contributed by atoms with Crippen LogP contribution in [0.1, 0.15) is 43.7 Å². The van der Waals surface area contributed by atoms with Crippen molar-refractivity contribution in [3.63, 3.8) is 0 Å².